The lowest BCUT2D eigenvalue weighted by Crippen LogP contribution is -2.52. The maximum Gasteiger partial charge on any atom is 0.247 e. The third kappa shape index (κ3) is 2.53. The summed E-state index contributed by atoms with van der Waals surface area (Å²) in [6.07, 6.45) is 1.67. The first-order chi connectivity index (χ1) is 6.99. The minimum Gasteiger partial charge on any atom is -0.307 e. The molecule has 1 rings (SSSR count). The summed E-state index contributed by atoms with van der Waals surface area (Å²) in [5, 5.41) is 2.97. The van der Waals surface area contributed by atoms with E-state index in [0.29, 0.717) is 5.82 Å². The Hall–Kier alpha value is -1.42. The smallest absolute Gasteiger partial charge is 0.247 e. The van der Waals surface area contributed by atoms with Gasteiger partial charge in [0.15, 0.2) is 0 Å². The molecule has 0 bridgehead atoms. The van der Waals surface area contributed by atoms with Crippen molar-refractivity contribution in [2.24, 2.45) is 0 Å². The Kier molecular flexibility index (Phi) is 3.42. The molecule has 4 heteroatoms. The Morgan fingerprint density at radius 3 is 2.60 bits per heavy atom. The van der Waals surface area contributed by atoms with Gasteiger partial charge in [0.25, 0.3) is 0 Å². The van der Waals surface area contributed by atoms with Gasteiger partial charge in [-0.15, -0.1) is 0 Å². The van der Waals surface area contributed by atoms with Gasteiger partial charge in [0.1, 0.15) is 5.82 Å². The average molecular weight is 207 g/mol. The molecule has 82 valence electrons. The highest BCUT2D eigenvalue weighted by Gasteiger charge is 2.29. The van der Waals surface area contributed by atoms with Crippen molar-refractivity contribution in [3.8, 4) is 0 Å². The highest BCUT2D eigenvalue weighted by atomic mass is 16.2. The van der Waals surface area contributed by atoms with Crippen LogP contribution in [0.15, 0.2) is 24.4 Å². The van der Waals surface area contributed by atoms with Crippen LogP contribution in [0.5, 0.6) is 0 Å². The second kappa shape index (κ2) is 4.40. The Balaban J connectivity index is 2.87. The number of nitrogens with zero attached hydrogens (tertiary/aromatic N) is 2. The number of amides is 1. The minimum atomic E-state index is -0.577. The van der Waals surface area contributed by atoms with E-state index in [0.717, 1.165) is 0 Å². The second-order valence-corrected chi connectivity index (χ2v) is 3.93. The topological polar surface area (TPSA) is 45.2 Å². The molecule has 0 aromatic carbocycles. The molecule has 0 fully saturated rings. The van der Waals surface area contributed by atoms with Gasteiger partial charge in [-0.25, -0.2) is 4.98 Å². The molecule has 1 amide bonds. The number of rotatable bonds is 3. The van der Waals surface area contributed by atoms with Gasteiger partial charge in [0.2, 0.25) is 5.91 Å². The van der Waals surface area contributed by atoms with Crippen LogP contribution in [0.1, 0.15) is 13.8 Å². The number of hydrogen-bond acceptors (Lipinski definition) is 3. The van der Waals surface area contributed by atoms with Crippen LogP contribution >= 0.6 is 0 Å². The molecule has 0 spiro atoms. The monoisotopic (exact) mass is 207 g/mol. The normalized spacial score (nSPS) is 11.2. The van der Waals surface area contributed by atoms with Gasteiger partial charge in [-0.1, -0.05) is 6.07 Å². The highest BCUT2D eigenvalue weighted by molar-refractivity contribution is 5.98. The molecule has 1 aromatic rings. The first kappa shape index (κ1) is 11.7. The fraction of sp³-hybridized carbons (Fsp3) is 0.455. The highest BCUT2D eigenvalue weighted by Crippen LogP contribution is 2.13. The Labute approximate surface area is 90.3 Å². The van der Waals surface area contributed by atoms with Crippen molar-refractivity contribution in [2.75, 3.05) is 19.0 Å². The second-order valence-electron chi connectivity index (χ2n) is 3.93. The molecule has 1 heterocycles. The van der Waals surface area contributed by atoms with Crippen molar-refractivity contribution in [2.45, 2.75) is 19.4 Å². The third-order valence-corrected chi connectivity index (χ3v) is 2.46. The zero-order chi connectivity index (χ0) is 11.5. The molecule has 0 aliphatic heterocycles. The van der Waals surface area contributed by atoms with Gasteiger partial charge in [-0.3, -0.25) is 9.69 Å². The lowest BCUT2D eigenvalue weighted by atomic mass is 10.0. The van der Waals surface area contributed by atoms with Crippen LogP contribution in [0.2, 0.25) is 0 Å². The third-order valence-electron chi connectivity index (χ3n) is 2.46. The first-order valence-electron chi connectivity index (χ1n) is 4.87. The number of carbonyl (C=O) groups is 1. The summed E-state index contributed by atoms with van der Waals surface area (Å²) >= 11 is 0. The van der Waals surface area contributed by atoms with Gasteiger partial charge in [-0.05, 0) is 33.0 Å². The number of hydrogen-bond donors (Lipinski definition) is 1. The van der Waals surface area contributed by atoms with Gasteiger partial charge < -0.3 is 5.32 Å². The zero-order valence-electron chi connectivity index (χ0n) is 9.61. The van der Waals surface area contributed by atoms with E-state index >= 15 is 0 Å². The van der Waals surface area contributed by atoms with Gasteiger partial charge in [0, 0.05) is 13.2 Å². The van der Waals surface area contributed by atoms with E-state index in [1.165, 1.54) is 0 Å². The van der Waals surface area contributed by atoms with Crippen LogP contribution in [-0.2, 0) is 4.79 Å². The number of likely N-dealkylation sites (N-methyl/N-ethyl adjacent to an activating group) is 2. The van der Waals surface area contributed by atoms with E-state index < -0.39 is 5.54 Å². The fourth-order valence-electron chi connectivity index (χ4n) is 1.18. The summed E-state index contributed by atoms with van der Waals surface area (Å²) in [7, 11) is 3.49. The minimum absolute atomic E-state index is 0.0105. The molecular weight excluding hydrogens is 190 g/mol. The first-order valence-corrected chi connectivity index (χ1v) is 4.87. The predicted molar refractivity (Wildman–Crippen MR) is 60.8 cm³/mol. The molecule has 4 nitrogen and oxygen atoms in total. The molecule has 1 aromatic heterocycles. The van der Waals surface area contributed by atoms with Crippen LogP contribution in [0.4, 0.5) is 5.82 Å². The van der Waals surface area contributed by atoms with E-state index in [9.17, 15) is 4.79 Å². The van der Waals surface area contributed by atoms with E-state index in [1.54, 1.807) is 25.2 Å². The van der Waals surface area contributed by atoms with Crippen molar-refractivity contribution < 1.29 is 4.79 Å². The molecular formula is C11H17N3O. The summed E-state index contributed by atoms with van der Waals surface area (Å²) < 4.78 is 0. The van der Waals surface area contributed by atoms with Crippen LogP contribution < -0.4 is 10.2 Å². The quantitative estimate of drug-likeness (QED) is 0.805. The molecule has 0 radical (unpaired) electrons. The summed E-state index contributed by atoms with van der Waals surface area (Å²) in [5.41, 5.74) is -0.577. The van der Waals surface area contributed by atoms with E-state index in [-0.39, 0.29) is 5.91 Å². The average Bonchev–Trinajstić information content (AvgIpc) is 2.28. The zero-order valence-corrected chi connectivity index (χ0v) is 9.61. The summed E-state index contributed by atoms with van der Waals surface area (Å²) in [5.74, 6) is 0.648. The standard InChI is InChI=1S/C11H17N3O/c1-11(2,12-3)10(15)14(4)9-7-5-6-8-13-9/h5-8,12H,1-4H3. The SMILES string of the molecule is CNC(C)(C)C(=O)N(C)c1ccccn1. The van der Waals surface area contributed by atoms with Gasteiger partial charge >= 0.3 is 0 Å². The van der Waals surface area contributed by atoms with Crippen LogP contribution in [0.3, 0.4) is 0 Å². The maximum absolute atomic E-state index is 12.0. The number of pyridine rings is 1. The number of aromatic nitrogens is 1. The molecule has 1 N–H and O–H groups in total. The molecule has 0 aliphatic carbocycles. The number of nitrogens with one attached hydrogen (secondary N) is 1. The van der Waals surface area contributed by atoms with Gasteiger partial charge in [-0.2, -0.15) is 0 Å². The summed E-state index contributed by atoms with van der Waals surface area (Å²) in [6.45, 7) is 3.68. The molecule has 0 saturated heterocycles. The number of carbonyl (C=O) groups excluding carboxylic acids is 1. The van der Waals surface area contributed by atoms with Crippen molar-refractivity contribution in [3.05, 3.63) is 24.4 Å². The lowest BCUT2D eigenvalue weighted by Gasteiger charge is -2.28. The van der Waals surface area contributed by atoms with Gasteiger partial charge in [0.05, 0.1) is 5.54 Å². The lowest BCUT2D eigenvalue weighted by molar-refractivity contribution is -0.123. The molecule has 0 atom stereocenters. The number of anilines is 1. The van der Waals surface area contributed by atoms with Crippen molar-refractivity contribution >= 4 is 11.7 Å². The van der Waals surface area contributed by atoms with Crippen LogP contribution in [-0.4, -0.2) is 30.5 Å². The molecule has 15 heavy (non-hydrogen) atoms. The Morgan fingerprint density at radius 1 is 1.47 bits per heavy atom. The fourth-order valence-corrected chi connectivity index (χ4v) is 1.18. The Bertz CT molecular complexity index is 335. The van der Waals surface area contributed by atoms with Crippen molar-refractivity contribution in [1.82, 2.24) is 10.3 Å². The maximum atomic E-state index is 12.0. The molecule has 0 saturated carbocycles. The van der Waals surface area contributed by atoms with Crippen molar-refractivity contribution in [3.63, 3.8) is 0 Å². The van der Waals surface area contributed by atoms with E-state index in [1.807, 2.05) is 32.0 Å². The van der Waals surface area contributed by atoms with E-state index in [2.05, 4.69) is 10.3 Å². The predicted octanol–water partition coefficient (Wildman–Crippen LogP) is 1.04. The summed E-state index contributed by atoms with van der Waals surface area (Å²) in [6, 6.07) is 5.49. The molecule has 0 aliphatic rings. The van der Waals surface area contributed by atoms with Crippen LogP contribution in [0, 0.1) is 0 Å². The van der Waals surface area contributed by atoms with Crippen molar-refractivity contribution in [1.29, 1.82) is 0 Å². The largest absolute Gasteiger partial charge is 0.307 e. The molecule has 0 unspecified atom stereocenters. The Morgan fingerprint density at radius 2 is 2.13 bits per heavy atom. The van der Waals surface area contributed by atoms with Crippen LogP contribution in [0.25, 0.3) is 0 Å². The van der Waals surface area contributed by atoms with E-state index in [4.69, 9.17) is 0 Å². The summed E-state index contributed by atoms with van der Waals surface area (Å²) in [4.78, 5) is 17.7.